The third kappa shape index (κ3) is 3.13. The lowest BCUT2D eigenvalue weighted by atomic mass is 9.92. The highest BCUT2D eigenvalue weighted by molar-refractivity contribution is 5.92. The number of carbonyl (C=O) groups excluding carboxylic acids is 1. The highest BCUT2D eigenvalue weighted by Gasteiger charge is 2.53. The van der Waals surface area contributed by atoms with Gasteiger partial charge in [-0.1, -0.05) is 37.3 Å². The van der Waals surface area contributed by atoms with Crippen molar-refractivity contribution < 1.29 is 9.53 Å². The molecular formula is C18H24N4O2. The van der Waals surface area contributed by atoms with Crippen molar-refractivity contribution in [3.63, 3.8) is 0 Å². The number of nitrogens with one attached hydrogen (secondary N) is 1. The molecule has 6 heteroatoms. The summed E-state index contributed by atoms with van der Waals surface area (Å²) in [6.45, 7) is 4.82. The summed E-state index contributed by atoms with van der Waals surface area (Å²) < 4.78 is 7.21. The molecule has 128 valence electrons. The van der Waals surface area contributed by atoms with Gasteiger partial charge in [-0.3, -0.25) is 9.48 Å². The Hall–Kier alpha value is -2.37. The van der Waals surface area contributed by atoms with Gasteiger partial charge in [-0.2, -0.15) is 0 Å². The Morgan fingerprint density at radius 1 is 1.38 bits per heavy atom. The maximum atomic E-state index is 13.0. The van der Waals surface area contributed by atoms with Gasteiger partial charge in [0.25, 0.3) is 0 Å². The van der Waals surface area contributed by atoms with Gasteiger partial charge in [0.1, 0.15) is 5.75 Å². The van der Waals surface area contributed by atoms with Crippen LogP contribution in [-0.4, -0.2) is 34.1 Å². The molecule has 0 saturated heterocycles. The van der Waals surface area contributed by atoms with Gasteiger partial charge in [0.15, 0.2) is 0 Å². The Morgan fingerprint density at radius 3 is 2.71 bits per heavy atom. The van der Waals surface area contributed by atoms with E-state index in [1.807, 2.05) is 30.5 Å². The molecule has 1 saturated carbocycles. The largest absolute Gasteiger partial charge is 0.496 e. The molecule has 0 spiro atoms. The number of amides is 1. The van der Waals surface area contributed by atoms with E-state index < -0.39 is 5.41 Å². The van der Waals surface area contributed by atoms with Gasteiger partial charge in [-0.15, -0.1) is 5.10 Å². The Balaban J connectivity index is 1.77. The summed E-state index contributed by atoms with van der Waals surface area (Å²) >= 11 is 0. The minimum Gasteiger partial charge on any atom is -0.496 e. The lowest BCUT2D eigenvalue weighted by molar-refractivity contribution is -0.124. The quantitative estimate of drug-likeness (QED) is 0.845. The van der Waals surface area contributed by atoms with Crippen molar-refractivity contribution in [2.75, 3.05) is 7.11 Å². The van der Waals surface area contributed by atoms with Crippen LogP contribution in [0.5, 0.6) is 5.75 Å². The van der Waals surface area contributed by atoms with Crippen LogP contribution in [0.15, 0.2) is 36.7 Å². The van der Waals surface area contributed by atoms with Gasteiger partial charge in [-0.25, -0.2) is 0 Å². The summed E-state index contributed by atoms with van der Waals surface area (Å²) in [6, 6.07) is 7.80. The van der Waals surface area contributed by atoms with Gasteiger partial charge in [0.05, 0.1) is 31.3 Å². The number of carbonyl (C=O) groups is 1. The zero-order valence-corrected chi connectivity index (χ0v) is 14.4. The van der Waals surface area contributed by atoms with E-state index in [4.69, 9.17) is 4.74 Å². The minimum atomic E-state index is -0.456. The van der Waals surface area contributed by atoms with Gasteiger partial charge < -0.3 is 10.1 Å². The van der Waals surface area contributed by atoms with E-state index in [-0.39, 0.29) is 11.9 Å². The van der Waals surface area contributed by atoms with Gasteiger partial charge in [-0.05, 0) is 24.8 Å². The second-order valence-electron chi connectivity index (χ2n) is 6.73. The fourth-order valence-corrected chi connectivity index (χ4v) is 3.04. The lowest BCUT2D eigenvalue weighted by Crippen LogP contribution is -2.46. The van der Waals surface area contributed by atoms with Crippen molar-refractivity contribution in [1.29, 1.82) is 0 Å². The van der Waals surface area contributed by atoms with E-state index in [0.717, 1.165) is 24.2 Å². The highest BCUT2D eigenvalue weighted by atomic mass is 16.5. The number of ether oxygens (including phenoxy) is 1. The van der Waals surface area contributed by atoms with Crippen LogP contribution in [0.1, 0.15) is 32.3 Å². The first-order valence-corrected chi connectivity index (χ1v) is 8.35. The minimum absolute atomic E-state index is 0.00591. The molecular weight excluding hydrogens is 304 g/mol. The van der Waals surface area contributed by atoms with Gasteiger partial charge in [0.2, 0.25) is 5.91 Å². The number of methoxy groups -OCH3 is 1. The number of rotatable bonds is 7. The predicted octanol–water partition coefficient (Wildman–Crippen LogP) is 2.16. The molecule has 3 rings (SSSR count). The average Bonchev–Trinajstić information content (AvgIpc) is 3.24. The molecule has 1 aromatic carbocycles. The average molecular weight is 328 g/mol. The molecule has 0 bridgehead atoms. The van der Waals surface area contributed by atoms with E-state index in [2.05, 4.69) is 29.5 Å². The molecule has 1 N–H and O–H groups in total. The number of benzene rings is 1. The summed E-state index contributed by atoms with van der Waals surface area (Å²) in [5.41, 5.74) is 0.524. The number of nitrogens with zero attached hydrogens (tertiary/aromatic N) is 3. The lowest BCUT2D eigenvalue weighted by Gasteiger charge is -2.26. The third-order valence-corrected chi connectivity index (χ3v) is 4.78. The normalized spacial score (nSPS) is 16.7. The highest BCUT2D eigenvalue weighted by Crippen LogP contribution is 2.51. The molecule has 6 nitrogen and oxygen atoms in total. The van der Waals surface area contributed by atoms with Crippen LogP contribution in [-0.2, 0) is 16.8 Å². The Morgan fingerprint density at radius 2 is 2.12 bits per heavy atom. The molecule has 1 aliphatic rings. The molecule has 1 atom stereocenters. The van der Waals surface area contributed by atoms with Gasteiger partial charge in [0, 0.05) is 11.8 Å². The first kappa shape index (κ1) is 16.5. The van der Waals surface area contributed by atoms with Crippen LogP contribution in [0.25, 0.3) is 0 Å². The number of aromatic nitrogens is 3. The SMILES string of the molecule is COc1ccccc1C1(C(=O)N[C@H](Cn2ccnn2)C(C)C)CC1. The van der Waals surface area contributed by atoms with E-state index in [1.54, 1.807) is 18.0 Å². The zero-order chi connectivity index (χ0) is 17.2. The maximum absolute atomic E-state index is 13.0. The standard InChI is InChI=1S/C18H24N4O2/c1-13(2)15(12-22-11-10-19-21-22)20-17(23)18(8-9-18)14-6-4-5-7-16(14)24-3/h4-7,10-11,13,15H,8-9,12H2,1-3H3,(H,20,23)/t15-/m1/s1. The summed E-state index contributed by atoms with van der Waals surface area (Å²) in [5, 5.41) is 11.1. The van der Waals surface area contributed by atoms with Crippen molar-refractivity contribution in [2.24, 2.45) is 5.92 Å². The van der Waals surface area contributed by atoms with Crippen LogP contribution >= 0.6 is 0 Å². The summed E-state index contributed by atoms with van der Waals surface area (Å²) in [7, 11) is 1.65. The summed E-state index contributed by atoms with van der Waals surface area (Å²) in [4.78, 5) is 13.0. The molecule has 1 amide bonds. The van der Waals surface area contributed by atoms with Crippen molar-refractivity contribution in [3.8, 4) is 5.75 Å². The fourth-order valence-electron chi connectivity index (χ4n) is 3.04. The van der Waals surface area contributed by atoms with Crippen molar-refractivity contribution >= 4 is 5.91 Å². The molecule has 0 aliphatic heterocycles. The monoisotopic (exact) mass is 328 g/mol. The topological polar surface area (TPSA) is 69.0 Å². The van der Waals surface area contributed by atoms with Crippen LogP contribution in [0, 0.1) is 5.92 Å². The maximum Gasteiger partial charge on any atom is 0.231 e. The molecule has 1 fully saturated rings. The van der Waals surface area contributed by atoms with E-state index in [9.17, 15) is 4.79 Å². The second kappa shape index (κ2) is 6.63. The van der Waals surface area contributed by atoms with Crippen molar-refractivity contribution in [1.82, 2.24) is 20.3 Å². The predicted molar refractivity (Wildman–Crippen MR) is 90.7 cm³/mol. The molecule has 1 aliphatic carbocycles. The van der Waals surface area contributed by atoms with Crippen LogP contribution in [0.4, 0.5) is 0 Å². The van der Waals surface area contributed by atoms with E-state index >= 15 is 0 Å². The van der Waals surface area contributed by atoms with E-state index in [0.29, 0.717) is 12.5 Å². The second-order valence-corrected chi connectivity index (χ2v) is 6.73. The third-order valence-electron chi connectivity index (χ3n) is 4.78. The summed E-state index contributed by atoms with van der Waals surface area (Å²) in [6.07, 6.45) is 5.17. The zero-order valence-electron chi connectivity index (χ0n) is 14.4. The Bertz CT molecular complexity index is 693. The van der Waals surface area contributed by atoms with Crippen molar-refractivity contribution in [3.05, 3.63) is 42.2 Å². The molecule has 2 aromatic rings. The van der Waals surface area contributed by atoms with Crippen LogP contribution in [0.2, 0.25) is 0 Å². The fraction of sp³-hybridized carbons (Fsp3) is 0.500. The molecule has 0 unspecified atom stereocenters. The number of para-hydroxylation sites is 1. The van der Waals surface area contributed by atoms with Gasteiger partial charge >= 0.3 is 0 Å². The Labute approximate surface area is 142 Å². The van der Waals surface area contributed by atoms with Crippen LogP contribution < -0.4 is 10.1 Å². The van der Waals surface area contributed by atoms with Crippen molar-refractivity contribution in [2.45, 2.75) is 44.7 Å². The number of hydrogen-bond donors (Lipinski definition) is 1. The summed E-state index contributed by atoms with van der Waals surface area (Å²) in [5.74, 6) is 1.15. The molecule has 1 aromatic heterocycles. The number of hydrogen-bond acceptors (Lipinski definition) is 4. The smallest absolute Gasteiger partial charge is 0.231 e. The first-order valence-electron chi connectivity index (χ1n) is 8.35. The molecule has 0 radical (unpaired) electrons. The Kier molecular flexibility index (Phi) is 4.55. The molecule has 1 heterocycles. The first-order chi connectivity index (χ1) is 11.6. The van der Waals surface area contributed by atoms with E-state index in [1.165, 1.54) is 0 Å². The molecule has 24 heavy (non-hydrogen) atoms. The van der Waals surface area contributed by atoms with Crippen LogP contribution in [0.3, 0.4) is 0 Å².